The predicted octanol–water partition coefficient (Wildman–Crippen LogP) is 1.92. The van der Waals surface area contributed by atoms with E-state index in [0.29, 0.717) is 5.75 Å². The lowest BCUT2D eigenvalue weighted by Gasteiger charge is -2.02. The summed E-state index contributed by atoms with van der Waals surface area (Å²) in [6.07, 6.45) is 1.02. The molecule has 0 N–H and O–H groups in total. The maximum absolute atomic E-state index is 10.7. The normalized spacial score (nSPS) is 11.2. The van der Waals surface area contributed by atoms with Crippen molar-refractivity contribution in [3.8, 4) is 5.75 Å². The van der Waals surface area contributed by atoms with Crippen molar-refractivity contribution in [2.45, 2.75) is 5.33 Å². The summed E-state index contributed by atoms with van der Waals surface area (Å²) in [5, 5.41) is 0.742. The van der Waals surface area contributed by atoms with Gasteiger partial charge in [-0.05, 0) is 17.7 Å². The topological polar surface area (TPSA) is 43.4 Å². The van der Waals surface area contributed by atoms with Crippen LogP contribution in [0.15, 0.2) is 24.3 Å². The smallest absolute Gasteiger partial charge is 0.306 e. The van der Waals surface area contributed by atoms with Crippen molar-refractivity contribution in [1.29, 1.82) is 0 Å². The van der Waals surface area contributed by atoms with Crippen LogP contribution >= 0.6 is 15.9 Å². The largest absolute Gasteiger partial charge is 0.383 e. The molecule has 0 saturated carbocycles. The van der Waals surface area contributed by atoms with Gasteiger partial charge in [-0.2, -0.15) is 8.42 Å². The number of hydrogen-bond acceptors (Lipinski definition) is 3. The van der Waals surface area contributed by atoms with E-state index in [0.717, 1.165) is 17.1 Å². The summed E-state index contributed by atoms with van der Waals surface area (Å²) in [4.78, 5) is 0. The molecular weight excluding hydrogens is 256 g/mol. The van der Waals surface area contributed by atoms with E-state index < -0.39 is 10.1 Å². The second-order valence-corrected chi connectivity index (χ2v) is 4.70. The summed E-state index contributed by atoms with van der Waals surface area (Å²) in [6.45, 7) is 0. The average Bonchev–Trinajstić information content (AvgIpc) is 2.03. The van der Waals surface area contributed by atoms with Crippen molar-refractivity contribution in [1.82, 2.24) is 0 Å². The number of halogens is 1. The van der Waals surface area contributed by atoms with Gasteiger partial charge in [0, 0.05) is 5.33 Å². The molecule has 0 aliphatic heterocycles. The molecule has 0 bridgehead atoms. The molecule has 0 saturated heterocycles. The summed E-state index contributed by atoms with van der Waals surface area (Å²) in [5.41, 5.74) is 1.07. The van der Waals surface area contributed by atoms with Crippen LogP contribution in [0.2, 0.25) is 0 Å². The Labute approximate surface area is 86.0 Å². The van der Waals surface area contributed by atoms with Gasteiger partial charge in [-0.25, -0.2) is 0 Å². The monoisotopic (exact) mass is 264 g/mol. The van der Waals surface area contributed by atoms with E-state index in [-0.39, 0.29) is 0 Å². The summed E-state index contributed by atoms with van der Waals surface area (Å²) >= 11 is 3.28. The second-order valence-electron chi connectivity index (χ2n) is 2.57. The molecular formula is C8H9BrO3S. The lowest BCUT2D eigenvalue weighted by Crippen LogP contribution is -2.05. The van der Waals surface area contributed by atoms with E-state index in [1.807, 2.05) is 0 Å². The van der Waals surface area contributed by atoms with E-state index in [1.54, 1.807) is 24.3 Å². The molecule has 0 fully saturated rings. The zero-order valence-electron chi connectivity index (χ0n) is 7.03. The minimum atomic E-state index is -3.41. The fourth-order valence-electron chi connectivity index (χ4n) is 0.809. The third-order valence-corrected chi connectivity index (χ3v) is 2.47. The number of alkyl halides is 1. The van der Waals surface area contributed by atoms with Crippen LogP contribution in [0.1, 0.15) is 5.56 Å². The van der Waals surface area contributed by atoms with Crippen molar-refractivity contribution in [3.05, 3.63) is 29.8 Å². The van der Waals surface area contributed by atoms with Crippen LogP contribution in [0.4, 0.5) is 0 Å². The Kier molecular flexibility index (Phi) is 3.33. The van der Waals surface area contributed by atoms with Crippen molar-refractivity contribution in [2.75, 3.05) is 6.26 Å². The van der Waals surface area contributed by atoms with E-state index in [4.69, 9.17) is 0 Å². The van der Waals surface area contributed by atoms with Gasteiger partial charge >= 0.3 is 10.1 Å². The predicted molar refractivity (Wildman–Crippen MR) is 54.5 cm³/mol. The van der Waals surface area contributed by atoms with E-state index in [9.17, 15) is 8.42 Å². The molecule has 5 heteroatoms. The molecule has 0 amide bonds. The maximum atomic E-state index is 10.7. The van der Waals surface area contributed by atoms with Gasteiger partial charge in [-0.15, -0.1) is 0 Å². The molecule has 1 aromatic carbocycles. The fraction of sp³-hybridized carbons (Fsp3) is 0.250. The molecule has 13 heavy (non-hydrogen) atoms. The molecule has 0 spiro atoms. The first-order chi connectivity index (χ1) is 6.01. The van der Waals surface area contributed by atoms with Crippen molar-refractivity contribution < 1.29 is 12.6 Å². The average molecular weight is 265 g/mol. The molecule has 0 aromatic heterocycles. The van der Waals surface area contributed by atoms with Crippen molar-refractivity contribution in [2.24, 2.45) is 0 Å². The molecule has 1 rings (SSSR count). The van der Waals surface area contributed by atoms with Gasteiger partial charge < -0.3 is 4.18 Å². The van der Waals surface area contributed by atoms with Crippen molar-refractivity contribution >= 4 is 26.0 Å². The molecule has 0 aliphatic rings. The Morgan fingerprint density at radius 3 is 2.23 bits per heavy atom. The van der Waals surface area contributed by atoms with Gasteiger partial charge in [0.25, 0.3) is 0 Å². The zero-order valence-corrected chi connectivity index (χ0v) is 9.43. The van der Waals surface area contributed by atoms with Gasteiger partial charge in [0.2, 0.25) is 0 Å². The van der Waals surface area contributed by atoms with Crippen LogP contribution in [0, 0.1) is 0 Å². The third kappa shape index (κ3) is 3.78. The SMILES string of the molecule is CS(=O)(=O)Oc1ccc(CBr)cc1. The highest BCUT2D eigenvalue weighted by Gasteiger charge is 2.02. The van der Waals surface area contributed by atoms with Gasteiger partial charge in [-0.3, -0.25) is 0 Å². The first-order valence-corrected chi connectivity index (χ1v) is 6.49. The highest BCUT2D eigenvalue weighted by molar-refractivity contribution is 9.08. The molecule has 0 atom stereocenters. The second kappa shape index (κ2) is 4.11. The standard InChI is InChI=1S/C8H9BrO3S/c1-13(10,11)12-8-4-2-7(6-9)3-5-8/h2-5H,6H2,1H3. The Morgan fingerprint density at radius 1 is 1.31 bits per heavy atom. The Bertz CT molecular complexity index is 369. The maximum Gasteiger partial charge on any atom is 0.306 e. The van der Waals surface area contributed by atoms with Crippen LogP contribution in [0.25, 0.3) is 0 Å². The summed E-state index contributed by atoms with van der Waals surface area (Å²) in [5.74, 6) is 0.340. The Hall–Kier alpha value is -0.550. The highest BCUT2D eigenvalue weighted by Crippen LogP contribution is 2.15. The molecule has 1 aromatic rings. The van der Waals surface area contributed by atoms with E-state index in [2.05, 4.69) is 20.1 Å². The van der Waals surface area contributed by atoms with Gasteiger partial charge in [0.05, 0.1) is 6.26 Å². The lowest BCUT2D eigenvalue weighted by atomic mass is 10.2. The highest BCUT2D eigenvalue weighted by atomic mass is 79.9. The quantitative estimate of drug-likeness (QED) is 0.619. The van der Waals surface area contributed by atoms with Crippen LogP contribution in [-0.4, -0.2) is 14.7 Å². The van der Waals surface area contributed by atoms with Crippen LogP contribution in [-0.2, 0) is 15.4 Å². The van der Waals surface area contributed by atoms with E-state index in [1.165, 1.54) is 0 Å². The minimum absolute atomic E-state index is 0.340. The third-order valence-electron chi connectivity index (χ3n) is 1.33. The zero-order chi connectivity index (χ0) is 9.90. The summed E-state index contributed by atoms with van der Waals surface area (Å²) < 4.78 is 26.1. The van der Waals surface area contributed by atoms with E-state index >= 15 is 0 Å². The van der Waals surface area contributed by atoms with Crippen LogP contribution in [0.5, 0.6) is 5.75 Å². The molecule has 3 nitrogen and oxygen atoms in total. The Balaban J connectivity index is 2.81. The summed E-state index contributed by atoms with van der Waals surface area (Å²) in [6, 6.07) is 6.85. The molecule has 0 heterocycles. The first kappa shape index (κ1) is 10.5. The van der Waals surface area contributed by atoms with Crippen molar-refractivity contribution in [3.63, 3.8) is 0 Å². The molecule has 72 valence electrons. The van der Waals surface area contributed by atoms with Crippen LogP contribution < -0.4 is 4.18 Å². The number of benzene rings is 1. The molecule has 0 unspecified atom stereocenters. The lowest BCUT2D eigenvalue weighted by molar-refractivity contribution is 0.493. The van der Waals surface area contributed by atoms with Crippen LogP contribution in [0.3, 0.4) is 0 Å². The minimum Gasteiger partial charge on any atom is -0.383 e. The van der Waals surface area contributed by atoms with Gasteiger partial charge in [0.1, 0.15) is 5.75 Å². The molecule has 0 aliphatic carbocycles. The fourth-order valence-corrected chi connectivity index (χ4v) is 1.64. The first-order valence-electron chi connectivity index (χ1n) is 3.55. The van der Waals surface area contributed by atoms with Gasteiger partial charge in [0.15, 0.2) is 0 Å². The molecule has 0 radical (unpaired) electrons. The van der Waals surface area contributed by atoms with Gasteiger partial charge in [-0.1, -0.05) is 28.1 Å². The number of hydrogen-bond donors (Lipinski definition) is 0. The summed E-state index contributed by atoms with van der Waals surface area (Å²) in [7, 11) is -3.41. The number of rotatable bonds is 3. The Morgan fingerprint density at radius 2 is 1.85 bits per heavy atom.